The van der Waals surface area contributed by atoms with Crippen molar-refractivity contribution in [2.45, 2.75) is 0 Å². The van der Waals surface area contributed by atoms with Crippen molar-refractivity contribution in [3.8, 4) is 28.9 Å². The molecule has 0 aliphatic carbocycles. The van der Waals surface area contributed by atoms with Gasteiger partial charge in [0.2, 0.25) is 5.82 Å². The molecule has 2 heterocycles. The van der Waals surface area contributed by atoms with E-state index in [0.29, 0.717) is 33.7 Å². The number of hydrogen-bond donors (Lipinski definition) is 2. The van der Waals surface area contributed by atoms with Crippen molar-refractivity contribution in [2.24, 2.45) is 0 Å². The molecule has 0 fully saturated rings. The Kier molecular flexibility index (Phi) is 3.03. The number of aromatic amines is 1. The highest BCUT2D eigenvalue weighted by molar-refractivity contribution is 6.33. The van der Waals surface area contributed by atoms with E-state index in [1.165, 1.54) is 7.11 Å². The highest BCUT2D eigenvalue weighted by Crippen LogP contribution is 2.35. The lowest BCUT2D eigenvalue weighted by Crippen LogP contribution is -1.93. The number of anilines is 1. The smallest absolute Gasteiger partial charge is 0.262 e. The van der Waals surface area contributed by atoms with Gasteiger partial charge in [0, 0.05) is 18.5 Å². The molecular formula is C12H10ClN5O2. The minimum Gasteiger partial charge on any atom is -0.496 e. The highest BCUT2D eigenvalue weighted by Gasteiger charge is 2.17. The Bertz CT molecular complexity index is 738. The Morgan fingerprint density at radius 3 is 2.95 bits per heavy atom. The number of nitrogens with zero attached hydrogens (tertiary/aromatic N) is 3. The first-order valence-electron chi connectivity index (χ1n) is 5.66. The Morgan fingerprint density at radius 2 is 2.25 bits per heavy atom. The Labute approximate surface area is 118 Å². The molecule has 0 saturated heterocycles. The van der Waals surface area contributed by atoms with Crippen LogP contribution in [-0.2, 0) is 0 Å². The second kappa shape index (κ2) is 4.86. The molecule has 20 heavy (non-hydrogen) atoms. The minimum atomic E-state index is 0.273. The molecule has 1 aromatic carbocycles. The van der Waals surface area contributed by atoms with Crippen LogP contribution in [0, 0.1) is 0 Å². The first-order valence-corrected chi connectivity index (χ1v) is 6.03. The van der Waals surface area contributed by atoms with Crippen LogP contribution in [0.25, 0.3) is 23.1 Å². The summed E-state index contributed by atoms with van der Waals surface area (Å²) in [5, 5.41) is 4.24. The lowest BCUT2D eigenvalue weighted by atomic mass is 10.2. The number of H-pyrrole nitrogens is 1. The average Bonchev–Trinajstić information content (AvgIpc) is 3.10. The number of nitrogen functional groups attached to an aromatic ring is 1. The number of benzene rings is 1. The number of nitrogens with one attached hydrogen (secondary N) is 1. The Hall–Kier alpha value is -2.54. The number of nitrogens with two attached hydrogens (primary N) is 1. The van der Waals surface area contributed by atoms with Gasteiger partial charge in [0.25, 0.3) is 5.89 Å². The molecule has 7 nitrogen and oxygen atoms in total. The van der Waals surface area contributed by atoms with Gasteiger partial charge in [-0.25, -0.2) is 4.98 Å². The molecule has 0 bridgehead atoms. The van der Waals surface area contributed by atoms with Crippen LogP contribution in [0.15, 0.2) is 29.0 Å². The molecule has 2 aromatic heterocycles. The van der Waals surface area contributed by atoms with E-state index in [4.69, 9.17) is 26.6 Å². The second-order valence-electron chi connectivity index (χ2n) is 3.93. The highest BCUT2D eigenvalue weighted by atomic mass is 35.5. The van der Waals surface area contributed by atoms with Gasteiger partial charge in [-0.15, -0.1) is 0 Å². The third-order valence-corrected chi connectivity index (χ3v) is 3.01. The van der Waals surface area contributed by atoms with Crippen molar-refractivity contribution in [3.63, 3.8) is 0 Å². The maximum Gasteiger partial charge on any atom is 0.262 e. The third-order valence-electron chi connectivity index (χ3n) is 2.69. The normalized spacial score (nSPS) is 10.7. The minimum absolute atomic E-state index is 0.273. The summed E-state index contributed by atoms with van der Waals surface area (Å²) in [6.07, 6.45) is 3.28. The molecule has 0 radical (unpaired) electrons. The molecule has 8 heteroatoms. The molecule has 0 atom stereocenters. The third kappa shape index (κ3) is 2.08. The summed E-state index contributed by atoms with van der Waals surface area (Å²) in [5.41, 5.74) is 6.71. The van der Waals surface area contributed by atoms with Gasteiger partial charge in [0.15, 0.2) is 5.82 Å². The number of ether oxygens (including phenoxy) is 1. The molecule has 102 valence electrons. The zero-order valence-electron chi connectivity index (χ0n) is 10.4. The Balaban J connectivity index is 2.07. The molecule has 3 N–H and O–H groups in total. The van der Waals surface area contributed by atoms with E-state index in [1.807, 2.05) is 0 Å². The van der Waals surface area contributed by atoms with Crippen LogP contribution in [0.2, 0.25) is 5.02 Å². The van der Waals surface area contributed by atoms with Gasteiger partial charge in [0.05, 0.1) is 23.4 Å². The molecular weight excluding hydrogens is 282 g/mol. The average molecular weight is 292 g/mol. The lowest BCUT2D eigenvalue weighted by molar-refractivity contribution is 0.405. The molecule has 0 aliphatic rings. The molecule has 0 amide bonds. The van der Waals surface area contributed by atoms with Gasteiger partial charge in [-0.3, -0.25) is 0 Å². The first-order chi connectivity index (χ1) is 9.69. The summed E-state index contributed by atoms with van der Waals surface area (Å²) in [6.45, 7) is 0. The molecule has 0 spiro atoms. The van der Waals surface area contributed by atoms with Crippen molar-refractivity contribution in [1.29, 1.82) is 0 Å². The van der Waals surface area contributed by atoms with Crippen molar-refractivity contribution >= 4 is 17.3 Å². The van der Waals surface area contributed by atoms with Gasteiger partial charge < -0.3 is 20.0 Å². The SMILES string of the molecule is COc1cc(N)c(Cl)cc1-c1nc(-c2ncc[nH]2)no1. The molecule has 0 aliphatic heterocycles. The predicted octanol–water partition coefficient (Wildman–Crippen LogP) is 2.37. The van der Waals surface area contributed by atoms with Crippen LogP contribution in [0.1, 0.15) is 0 Å². The summed E-state index contributed by atoms with van der Waals surface area (Å²) in [7, 11) is 1.52. The van der Waals surface area contributed by atoms with Crippen molar-refractivity contribution in [2.75, 3.05) is 12.8 Å². The van der Waals surface area contributed by atoms with E-state index in [9.17, 15) is 0 Å². The van der Waals surface area contributed by atoms with Gasteiger partial charge in [-0.2, -0.15) is 4.98 Å². The summed E-state index contributed by atoms with van der Waals surface area (Å²) in [4.78, 5) is 11.2. The van der Waals surface area contributed by atoms with Crippen LogP contribution in [0.5, 0.6) is 5.75 Å². The van der Waals surface area contributed by atoms with E-state index in [2.05, 4.69) is 20.1 Å². The standard InChI is InChI=1S/C12H10ClN5O2/c1-19-9-5-8(14)7(13)4-6(9)12-17-11(18-20-12)10-15-2-3-16-10/h2-5H,14H2,1H3,(H,15,16). The van der Waals surface area contributed by atoms with Crippen LogP contribution in [0.3, 0.4) is 0 Å². The van der Waals surface area contributed by atoms with Crippen LogP contribution >= 0.6 is 11.6 Å². The fraction of sp³-hybridized carbons (Fsp3) is 0.0833. The number of halogens is 1. The Morgan fingerprint density at radius 1 is 1.40 bits per heavy atom. The van der Waals surface area contributed by atoms with E-state index >= 15 is 0 Å². The molecule has 0 unspecified atom stereocenters. The monoisotopic (exact) mass is 291 g/mol. The zero-order chi connectivity index (χ0) is 14.1. The molecule has 3 aromatic rings. The van der Waals surface area contributed by atoms with Crippen molar-refractivity contribution < 1.29 is 9.26 Å². The summed E-state index contributed by atoms with van der Waals surface area (Å²) < 4.78 is 10.5. The number of hydrogen-bond acceptors (Lipinski definition) is 6. The van der Waals surface area contributed by atoms with Crippen LogP contribution in [0.4, 0.5) is 5.69 Å². The second-order valence-corrected chi connectivity index (χ2v) is 4.34. The fourth-order valence-electron chi connectivity index (χ4n) is 1.72. The predicted molar refractivity (Wildman–Crippen MR) is 73.3 cm³/mol. The van der Waals surface area contributed by atoms with Crippen LogP contribution in [-0.4, -0.2) is 27.2 Å². The van der Waals surface area contributed by atoms with Gasteiger partial charge >= 0.3 is 0 Å². The number of imidazole rings is 1. The number of methoxy groups -OCH3 is 1. The summed E-state index contributed by atoms with van der Waals surface area (Å²) >= 11 is 6.01. The zero-order valence-corrected chi connectivity index (χ0v) is 11.2. The lowest BCUT2D eigenvalue weighted by Gasteiger charge is -2.07. The number of aromatic nitrogens is 4. The van der Waals surface area contributed by atoms with Crippen LogP contribution < -0.4 is 10.5 Å². The summed E-state index contributed by atoms with van der Waals surface area (Å²) in [5.74, 6) is 1.64. The van der Waals surface area contributed by atoms with Crippen molar-refractivity contribution in [3.05, 3.63) is 29.5 Å². The quantitative estimate of drug-likeness (QED) is 0.718. The van der Waals surface area contributed by atoms with E-state index < -0.39 is 0 Å². The van der Waals surface area contributed by atoms with E-state index in [-0.39, 0.29) is 5.89 Å². The molecule has 3 rings (SSSR count). The molecule has 0 saturated carbocycles. The fourth-order valence-corrected chi connectivity index (χ4v) is 1.89. The van der Waals surface area contributed by atoms with Gasteiger partial charge in [0.1, 0.15) is 5.75 Å². The topological polar surface area (TPSA) is 103 Å². The summed E-state index contributed by atoms with van der Waals surface area (Å²) in [6, 6.07) is 3.23. The van der Waals surface area contributed by atoms with Crippen molar-refractivity contribution in [1.82, 2.24) is 20.1 Å². The van der Waals surface area contributed by atoms with Gasteiger partial charge in [-0.05, 0) is 6.07 Å². The van der Waals surface area contributed by atoms with Gasteiger partial charge in [-0.1, -0.05) is 16.8 Å². The maximum absolute atomic E-state index is 6.01. The maximum atomic E-state index is 6.01. The van der Waals surface area contributed by atoms with E-state index in [1.54, 1.807) is 24.5 Å². The first kappa shape index (κ1) is 12.5. The largest absolute Gasteiger partial charge is 0.496 e. The van der Waals surface area contributed by atoms with E-state index in [0.717, 1.165) is 0 Å². The number of rotatable bonds is 3.